The Morgan fingerprint density at radius 3 is 2.67 bits per heavy atom. The van der Waals surface area contributed by atoms with Crippen molar-refractivity contribution in [1.29, 1.82) is 0 Å². The van der Waals surface area contributed by atoms with E-state index in [1.54, 1.807) is 25.3 Å². The fourth-order valence-corrected chi connectivity index (χ4v) is 1.77. The summed E-state index contributed by atoms with van der Waals surface area (Å²) in [5.41, 5.74) is 7.71. The Kier molecular flexibility index (Phi) is 8.23. The van der Waals surface area contributed by atoms with Crippen LogP contribution in [0.25, 0.3) is 0 Å². The summed E-state index contributed by atoms with van der Waals surface area (Å²) in [6.45, 7) is 2.78. The summed E-state index contributed by atoms with van der Waals surface area (Å²) >= 11 is 0. The molecule has 0 amide bonds. The zero-order chi connectivity index (χ0) is 15.5. The van der Waals surface area contributed by atoms with Gasteiger partial charge in [0, 0.05) is 20.3 Å². The molecule has 0 unspecified atom stereocenters. The van der Waals surface area contributed by atoms with Crippen LogP contribution in [-0.2, 0) is 14.2 Å². The lowest BCUT2D eigenvalue weighted by Gasteiger charge is -2.10. The van der Waals surface area contributed by atoms with Crippen LogP contribution in [0.4, 0.5) is 11.4 Å². The third kappa shape index (κ3) is 6.46. The van der Waals surface area contributed by atoms with Gasteiger partial charge in [0.25, 0.3) is 0 Å². The molecule has 0 spiro atoms. The molecule has 0 bridgehead atoms. The molecule has 21 heavy (non-hydrogen) atoms. The van der Waals surface area contributed by atoms with Gasteiger partial charge in [-0.05, 0) is 31.0 Å². The average Bonchev–Trinajstić information content (AvgIpc) is 2.50. The zero-order valence-electron chi connectivity index (χ0n) is 12.7. The number of hydrogen-bond donors (Lipinski definition) is 2. The van der Waals surface area contributed by atoms with Crippen LogP contribution in [0.1, 0.15) is 23.2 Å². The van der Waals surface area contributed by atoms with Gasteiger partial charge < -0.3 is 25.3 Å². The first-order valence-electron chi connectivity index (χ1n) is 6.97. The fourth-order valence-electron chi connectivity index (χ4n) is 1.77. The summed E-state index contributed by atoms with van der Waals surface area (Å²) in [6.07, 6.45) is 1.95. The Morgan fingerprint density at radius 2 is 2.00 bits per heavy atom. The smallest absolute Gasteiger partial charge is 0.337 e. The summed E-state index contributed by atoms with van der Waals surface area (Å²) in [7, 11) is 3.00. The number of carbonyl (C=O) groups excluding carboxylic acids is 1. The number of rotatable bonds is 10. The van der Waals surface area contributed by atoms with Crippen molar-refractivity contribution in [2.75, 3.05) is 51.6 Å². The first-order chi connectivity index (χ1) is 10.2. The molecule has 0 aliphatic heterocycles. The maximum absolute atomic E-state index is 11.4. The molecule has 3 N–H and O–H groups in total. The molecule has 0 heterocycles. The van der Waals surface area contributed by atoms with Crippen LogP contribution in [0.3, 0.4) is 0 Å². The van der Waals surface area contributed by atoms with Crippen molar-refractivity contribution in [2.45, 2.75) is 12.8 Å². The van der Waals surface area contributed by atoms with Crippen LogP contribution in [0.5, 0.6) is 0 Å². The number of unbranched alkanes of at least 4 members (excludes halogenated alkanes) is 1. The molecule has 0 aliphatic carbocycles. The zero-order valence-corrected chi connectivity index (χ0v) is 12.7. The monoisotopic (exact) mass is 296 g/mol. The third-order valence-electron chi connectivity index (χ3n) is 2.94. The highest BCUT2D eigenvalue weighted by Crippen LogP contribution is 2.20. The van der Waals surface area contributed by atoms with Gasteiger partial charge in [-0.25, -0.2) is 4.79 Å². The summed E-state index contributed by atoms with van der Waals surface area (Å²) < 4.78 is 14.9. The van der Waals surface area contributed by atoms with Gasteiger partial charge in [-0.2, -0.15) is 0 Å². The molecule has 0 aliphatic rings. The Hall–Kier alpha value is -1.79. The van der Waals surface area contributed by atoms with E-state index in [1.807, 2.05) is 0 Å². The van der Waals surface area contributed by atoms with Gasteiger partial charge in [-0.1, -0.05) is 0 Å². The Morgan fingerprint density at radius 1 is 1.19 bits per heavy atom. The van der Waals surface area contributed by atoms with Gasteiger partial charge in [-0.3, -0.25) is 0 Å². The molecule has 0 fully saturated rings. The maximum Gasteiger partial charge on any atom is 0.337 e. The van der Waals surface area contributed by atoms with Crippen LogP contribution in [0.15, 0.2) is 18.2 Å². The van der Waals surface area contributed by atoms with Crippen molar-refractivity contribution in [2.24, 2.45) is 0 Å². The molecule has 6 nitrogen and oxygen atoms in total. The number of ether oxygens (including phenoxy) is 3. The Balaban J connectivity index is 2.25. The number of anilines is 2. The molecule has 0 atom stereocenters. The van der Waals surface area contributed by atoms with Gasteiger partial charge in [0.05, 0.1) is 37.3 Å². The van der Waals surface area contributed by atoms with Crippen LogP contribution in [-0.4, -0.2) is 46.6 Å². The second-order valence-electron chi connectivity index (χ2n) is 4.53. The van der Waals surface area contributed by atoms with Crippen molar-refractivity contribution in [1.82, 2.24) is 0 Å². The second kappa shape index (κ2) is 10.0. The van der Waals surface area contributed by atoms with Crippen LogP contribution >= 0.6 is 0 Å². The predicted molar refractivity (Wildman–Crippen MR) is 82.6 cm³/mol. The lowest BCUT2D eigenvalue weighted by molar-refractivity contribution is 0.0601. The molecule has 0 radical (unpaired) electrons. The number of benzene rings is 1. The molecule has 1 rings (SSSR count). The number of methoxy groups -OCH3 is 2. The van der Waals surface area contributed by atoms with Crippen LogP contribution in [0.2, 0.25) is 0 Å². The number of esters is 1. The molecular formula is C15H24N2O4. The lowest BCUT2D eigenvalue weighted by Crippen LogP contribution is -2.08. The molecular weight excluding hydrogens is 272 g/mol. The number of nitrogens with two attached hydrogens (primary N) is 1. The van der Waals surface area contributed by atoms with E-state index in [2.05, 4.69) is 10.1 Å². The maximum atomic E-state index is 11.4. The standard InChI is InChI=1S/C15H24N2O4/c1-19-9-10-21-8-4-3-7-17-14-6-5-12(11-13(14)16)15(18)20-2/h5-6,11,17H,3-4,7-10,16H2,1-2H3. The van der Waals surface area contributed by atoms with Gasteiger partial charge in [0.2, 0.25) is 0 Å². The molecule has 1 aromatic rings. The van der Waals surface area contributed by atoms with Crippen molar-refractivity contribution >= 4 is 17.3 Å². The molecule has 0 saturated carbocycles. The van der Waals surface area contributed by atoms with E-state index in [4.69, 9.17) is 15.2 Å². The minimum absolute atomic E-state index is 0.388. The van der Waals surface area contributed by atoms with Crippen molar-refractivity contribution in [3.63, 3.8) is 0 Å². The SMILES string of the molecule is COCCOCCCCNc1ccc(C(=O)OC)cc1N. The van der Waals surface area contributed by atoms with Crippen molar-refractivity contribution in [3.05, 3.63) is 23.8 Å². The number of hydrogen-bond acceptors (Lipinski definition) is 6. The Labute approximate surface area is 125 Å². The topological polar surface area (TPSA) is 82.8 Å². The molecule has 0 aromatic heterocycles. The molecule has 118 valence electrons. The van der Waals surface area contributed by atoms with E-state index in [0.29, 0.717) is 24.5 Å². The highest BCUT2D eigenvalue weighted by molar-refractivity contribution is 5.91. The Bertz CT molecular complexity index is 438. The summed E-state index contributed by atoms with van der Waals surface area (Å²) in [5, 5.41) is 3.24. The van der Waals surface area contributed by atoms with E-state index < -0.39 is 0 Å². The quantitative estimate of drug-likeness (QED) is 0.390. The largest absolute Gasteiger partial charge is 0.465 e. The molecule has 1 aromatic carbocycles. The minimum Gasteiger partial charge on any atom is -0.465 e. The predicted octanol–water partition coefficient (Wildman–Crippen LogP) is 1.91. The van der Waals surface area contributed by atoms with E-state index in [0.717, 1.165) is 31.7 Å². The fraction of sp³-hybridized carbons (Fsp3) is 0.533. The van der Waals surface area contributed by atoms with Gasteiger partial charge >= 0.3 is 5.97 Å². The highest BCUT2D eigenvalue weighted by Gasteiger charge is 2.07. The normalized spacial score (nSPS) is 10.4. The summed E-state index contributed by atoms with van der Waals surface area (Å²) in [5.74, 6) is -0.388. The van der Waals surface area contributed by atoms with E-state index in [-0.39, 0.29) is 5.97 Å². The first kappa shape index (κ1) is 17.3. The van der Waals surface area contributed by atoms with Gasteiger partial charge in [0.15, 0.2) is 0 Å². The summed E-state index contributed by atoms with van der Waals surface area (Å²) in [6, 6.07) is 5.09. The van der Waals surface area contributed by atoms with Crippen LogP contribution < -0.4 is 11.1 Å². The van der Waals surface area contributed by atoms with Gasteiger partial charge in [0.1, 0.15) is 0 Å². The molecule has 0 saturated heterocycles. The second-order valence-corrected chi connectivity index (χ2v) is 4.53. The molecule has 6 heteroatoms. The summed E-state index contributed by atoms with van der Waals surface area (Å²) in [4.78, 5) is 11.4. The number of nitrogens with one attached hydrogen (secondary N) is 1. The van der Waals surface area contributed by atoms with E-state index in [9.17, 15) is 4.79 Å². The minimum atomic E-state index is -0.388. The number of carbonyl (C=O) groups is 1. The van der Waals surface area contributed by atoms with E-state index >= 15 is 0 Å². The van der Waals surface area contributed by atoms with Crippen LogP contribution in [0, 0.1) is 0 Å². The average molecular weight is 296 g/mol. The van der Waals surface area contributed by atoms with Crippen molar-refractivity contribution in [3.8, 4) is 0 Å². The third-order valence-corrected chi connectivity index (χ3v) is 2.94. The first-order valence-corrected chi connectivity index (χ1v) is 6.97. The number of nitrogen functional groups attached to an aromatic ring is 1. The highest BCUT2D eigenvalue weighted by atomic mass is 16.5. The van der Waals surface area contributed by atoms with Gasteiger partial charge in [-0.15, -0.1) is 0 Å². The lowest BCUT2D eigenvalue weighted by atomic mass is 10.1. The van der Waals surface area contributed by atoms with E-state index in [1.165, 1.54) is 7.11 Å². The van der Waals surface area contributed by atoms with Crippen molar-refractivity contribution < 1.29 is 19.0 Å².